The number of nitrogens with one attached hydrogen (secondary N) is 2. The molecule has 0 aliphatic heterocycles. The Hall–Kier alpha value is -3.48. The summed E-state index contributed by atoms with van der Waals surface area (Å²) in [7, 11) is 1.60. The first-order chi connectivity index (χ1) is 12.5. The highest BCUT2D eigenvalue weighted by molar-refractivity contribution is 5.87. The number of carbonyl (C=O) groups excluding carboxylic acids is 1. The highest BCUT2D eigenvalue weighted by Gasteiger charge is 2.13. The molecular weight excluding hydrogens is 335 g/mol. The number of amides is 1. The number of carbonyl (C=O) groups is 1. The minimum atomic E-state index is -0.396. The number of aromatic nitrogens is 1. The molecule has 1 aromatic carbocycles. The molecule has 1 amide bonds. The second kappa shape index (κ2) is 8.57. The van der Waals surface area contributed by atoms with Gasteiger partial charge in [-0.25, -0.2) is 4.39 Å². The van der Waals surface area contributed by atoms with Crippen molar-refractivity contribution in [2.75, 3.05) is 7.05 Å². The Bertz CT molecular complexity index is 928. The van der Waals surface area contributed by atoms with E-state index in [1.807, 2.05) is 0 Å². The van der Waals surface area contributed by atoms with Crippen LogP contribution in [0.25, 0.3) is 16.8 Å². The molecular formula is C19H19FN4O2. The largest absolute Gasteiger partial charge is 0.398 e. The van der Waals surface area contributed by atoms with Crippen molar-refractivity contribution in [3.8, 4) is 11.1 Å². The topological polar surface area (TPSA) is 100 Å². The number of aromatic amines is 1. The van der Waals surface area contributed by atoms with Crippen LogP contribution in [0, 0.1) is 5.82 Å². The van der Waals surface area contributed by atoms with Gasteiger partial charge in [0.2, 0.25) is 5.91 Å². The van der Waals surface area contributed by atoms with Crippen molar-refractivity contribution in [2.45, 2.75) is 6.54 Å². The summed E-state index contributed by atoms with van der Waals surface area (Å²) < 4.78 is 13.1. The van der Waals surface area contributed by atoms with E-state index in [9.17, 15) is 14.0 Å². The van der Waals surface area contributed by atoms with Crippen LogP contribution in [0.5, 0.6) is 0 Å². The molecule has 1 heterocycles. The molecule has 4 N–H and O–H groups in total. The van der Waals surface area contributed by atoms with Gasteiger partial charge >= 0.3 is 0 Å². The van der Waals surface area contributed by atoms with E-state index in [-0.39, 0.29) is 18.0 Å². The Balaban J connectivity index is 2.56. The zero-order valence-corrected chi connectivity index (χ0v) is 14.3. The van der Waals surface area contributed by atoms with Crippen molar-refractivity contribution < 1.29 is 9.18 Å². The number of rotatable bonds is 6. The number of nitrogens with two attached hydrogens (primary N) is 1. The molecule has 0 aliphatic carbocycles. The van der Waals surface area contributed by atoms with Crippen LogP contribution in [-0.2, 0) is 11.3 Å². The smallest absolute Gasteiger partial charge is 0.256 e. The summed E-state index contributed by atoms with van der Waals surface area (Å²) in [5, 5.41) is 2.60. The zero-order chi connectivity index (χ0) is 19.1. The van der Waals surface area contributed by atoms with Crippen molar-refractivity contribution in [3.05, 3.63) is 76.5 Å². The average Bonchev–Trinajstić information content (AvgIpc) is 2.65. The summed E-state index contributed by atoms with van der Waals surface area (Å²) in [6.45, 7) is 3.45. The number of benzene rings is 1. The van der Waals surface area contributed by atoms with E-state index in [0.29, 0.717) is 28.1 Å². The maximum Gasteiger partial charge on any atom is 0.256 e. The van der Waals surface area contributed by atoms with Gasteiger partial charge in [-0.2, -0.15) is 0 Å². The van der Waals surface area contributed by atoms with Gasteiger partial charge in [0.15, 0.2) is 0 Å². The maximum absolute atomic E-state index is 13.1. The van der Waals surface area contributed by atoms with E-state index in [0.717, 1.165) is 6.08 Å². The lowest BCUT2D eigenvalue weighted by atomic mass is 10.0. The lowest BCUT2D eigenvalue weighted by Gasteiger charge is -2.12. The summed E-state index contributed by atoms with van der Waals surface area (Å²) in [4.78, 5) is 30.5. The molecule has 0 unspecified atom stereocenters. The fourth-order valence-electron chi connectivity index (χ4n) is 2.30. The molecule has 0 saturated carbocycles. The number of hydrogen-bond acceptors (Lipinski definition) is 4. The predicted molar refractivity (Wildman–Crippen MR) is 101 cm³/mol. The Morgan fingerprint density at radius 3 is 2.69 bits per heavy atom. The molecule has 6 nitrogen and oxygen atoms in total. The third kappa shape index (κ3) is 4.54. The lowest BCUT2D eigenvalue weighted by Crippen LogP contribution is -2.25. The Kier molecular flexibility index (Phi) is 6.21. The molecule has 0 aliphatic rings. The summed E-state index contributed by atoms with van der Waals surface area (Å²) >= 11 is 0. The van der Waals surface area contributed by atoms with Crippen LogP contribution in [0.15, 0.2) is 58.8 Å². The van der Waals surface area contributed by atoms with Crippen LogP contribution in [0.2, 0.25) is 0 Å². The monoisotopic (exact) mass is 354 g/mol. The minimum absolute atomic E-state index is 0.0664. The third-order valence-electron chi connectivity index (χ3n) is 3.62. The molecule has 2 rings (SSSR count). The maximum atomic E-state index is 13.1. The predicted octanol–water partition coefficient (Wildman–Crippen LogP) is 1.98. The fraction of sp³-hybridized carbons (Fsp3) is 0.105. The van der Waals surface area contributed by atoms with Gasteiger partial charge in [-0.1, -0.05) is 18.7 Å². The van der Waals surface area contributed by atoms with Crippen molar-refractivity contribution in [1.82, 2.24) is 10.3 Å². The molecule has 2 aromatic rings. The summed E-state index contributed by atoms with van der Waals surface area (Å²) in [5.41, 5.74) is 7.94. The third-order valence-corrected chi connectivity index (χ3v) is 3.62. The van der Waals surface area contributed by atoms with Crippen molar-refractivity contribution >= 4 is 17.8 Å². The van der Waals surface area contributed by atoms with Gasteiger partial charge in [0.25, 0.3) is 5.56 Å². The first-order valence-corrected chi connectivity index (χ1v) is 7.77. The van der Waals surface area contributed by atoms with Crippen LogP contribution < -0.4 is 16.6 Å². The van der Waals surface area contributed by atoms with Crippen molar-refractivity contribution in [1.29, 1.82) is 0 Å². The highest BCUT2D eigenvalue weighted by atomic mass is 19.1. The second-order valence-electron chi connectivity index (χ2n) is 5.36. The van der Waals surface area contributed by atoms with Gasteiger partial charge in [0, 0.05) is 35.8 Å². The van der Waals surface area contributed by atoms with Crippen LogP contribution in [-0.4, -0.2) is 24.2 Å². The van der Waals surface area contributed by atoms with Gasteiger partial charge < -0.3 is 16.0 Å². The average molecular weight is 354 g/mol. The van der Waals surface area contributed by atoms with Crippen molar-refractivity contribution in [2.24, 2.45) is 10.7 Å². The van der Waals surface area contributed by atoms with E-state index in [1.165, 1.54) is 30.5 Å². The zero-order valence-electron chi connectivity index (χ0n) is 14.3. The molecule has 134 valence electrons. The van der Waals surface area contributed by atoms with Crippen LogP contribution in [0.1, 0.15) is 11.3 Å². The van der Waals surface area contributed by atoms with E-state index < -0.39 is 5.82 Å². The first-order valence-electron chi connectivity index (χ1n) is 7.77. The van der Waals surface area contributed by atoms with E-state index >= 15 is 0 Å². The number of pyridine rings is 1. The number of hydrogen-bond donors (Lipinski definition) is 3. The molecule has 0 saturated heterocycles. The van der Waals surface area contributed by atoms with Gasteiger partial charge in [0.1, 0.15) is 5.82 Å². The van der Waals surface area contributed by atoms with E-state index in [4.69, 9.17) is 5.73 Å². The van der Waals surface area contributed by atoms with Gasteiger partial charge in [0.05, 0.1) is 6.54 Å². The fourth-order valence-corrected chi connectivity index (χ4v) is 2.30. The Morgan fingerprint density at radius 1 is 1.38 bits per heavy atom. The van der Waals surface area contributed by atoms with E-state index in [2.05, 4.69) is 21.9 Å². The van der Waals surface area contributed by atoms with Crippen LogP contribution >= 0.6 is 0 Å². The number of H-pyrrole nitrogens is 1. The minimum Gasteiger partial charge on any atom is -0.398 e. The molecule has 1 aromatic heterocycles. The van der Waals surface area contributed by atoms with E-state index in [1.54, 1.807) is 19.2 Å². The Labute approximate surface area is 150 Å². The molecule has 0 radical (unpaired) electrons. The lowest BCUT2D eigenvalue weighted by molar-refractivity contribution is -0.116. The number of nitrogens with zero attached hydrogens (tertiary/aromatic N) is 1. The SMILES string of the molecule is C=CC(=O)NCc1[nH]c(=O)c(-c2ccc(F)cc2)cc1C(N)=CC=NC. The highest BCUT2D eigenvalue weighted by Crippen LogP contribution is 2.21. The van der Waals surface area contributed by atoms with Gasteiger partial charge in [-0.3, -0.25) is 14.6 Å². The van der Waals surface area contributed by atoms with Crippen LogP contribution in [0.4, 0.5) is 4.39 Å². The summed E-state index contributed by atoms with van der Waals surface area (Å²) in [6.07, 6.45) is 4.23. The van der Waals surface area contributed by atoms with Gasteiger partial charge in [-0.05, 0) is 35.9 Å². The normalized spacial score (nSPS) is 11.5. The van der Waals surface area contributed by atoms with Crippen LogP contribution in [0.3, 0.4) is 0 Å². The molecule has 7 heteroatoms. The molecule has 0 bridgehead atoms. The molecule has 0 spiro atoms. The number of aliphatic imine (C=N–C) groups is 1. The molecule has 0 atom stereocenters. The number of allylic oxidation sites excluding steroid dienone is 1. The molecule has 26 heavy (non-hydrogen) atoms. The summed E-state index contributed by atoms with van der Waals surface area (Å²) in [6, 6.07) is 7.18. The second-order valence-corrected chi connectivity index (χ2v) is 5.36. The Morgan fingerprint density at radius 2 is 2.08 bits per heavy atom. The molecule has 0 fully saturated rings. The van der Waals surface area contributed by atoms with Crippen molar-refractivity contribution in [3.63, 3.8) is 0 Å². The van der Waals surface area contributed by atoms with Gasteiger partial charge in [-0.15, -0.1) is 0 Å². The standard InChI is InChI=1S/C19H19FN4O2/c1-3-18(25)23-11-17-15(16(21)8-9-22-2)10-14(19(26)24-17)12-4-6-13(20)7-5-12/h3-10H,1,11,21H2,2H3,(H,23,25)(H,24,26). The first kappa shape index (κ1) is 18.9. The summed E-state index contributed by atoms with van der Waals surface area (Å²) in [5.74, 6) is -0.773. The number of halogens is 1. The quantitative estimate of drug-likeness (QED) is 0.546.